The summed E-state index contributed by atoms with van der Waals surface area (Å²) in [5.74, 6) is 0.675. The van der Waals surface area contributed by atoms with Gasteiger partial charge in [0.15, 0.2) is 0 Å². The molecule has 0 spiro atoms. The first-order valence-electron chi connectivity index (χ1n) is 7.65. The molecule has 1 aromatic carbocycles. The Kier molecular flexibility index (Phi) is 6.51. The Hall–Kier alpha value is -1.08. The molecule has 1 heterocycles. The number of likely N-dealkylation sites (tertiary alicyclic amines) is 1. The van der Waals surface area contributed by atoms with Crippen LogP contribution in [0.15, 0.2) is 24.3 Å². The van der Waals surface area contributed by atoms with Crippen LogP contribution < -0.4 is 10.2 Å². The van der Waals surface area contributed by atoms with Crippen molar-refractivity contribution >= 4 is 12.6 Å². The minimum absolute atomic E-state index is 0.454. The van der Waals surface area contributed by atoms with Gasteiger partial charge >= 0.3 is 7.12 Å². The predicted octanol–water partition coefficient (Wildman–Crippen LogP) is -0.227. The third-order valence-electron chi connectivity index (χ3n) is 3.89. The zero-order chi connectivity index (χ0) is 15.1. The maximum atomic E-state index is 9.12. The summed E-state index contributed by atoms with van der Waals surface area (Å²) in [4.78, 5) is 4.77. The molecule has 2 N–H and O–H groups in total. The molecule has 0 amide bonds. The van der Waals surface area contributed by atoms with Crippen molar-refractivity contribution in [3.63, 3.8) is 0 Å². The van der Waals surface area contributed by atoms with Crippen molar-refractivity contribution in [2.45, 2.75) is 12.8 Å². The summed E-state index contributed by atoms with van der Waals surface area (Å²) < 4.78 is 5.66. The van der Waals surface area contributed by atoms with E-state index in [9.17, 15) is 0 Å². The third-order valence-corrected chi connectivity index (χ3v) is 3.89. The average Bonchev–Trinajstić information content (AvgIpc) is 2.99. The van der Waals surface area contributed by atoms with Gasteiger partial charge in [0.1, 0.15) is 12.4 Å². The lowest BCUT2D eigenvalue weighted by atomic mass is 9.80. The zero-order valence-corrected chi connectivity index (χ0v) is 12.7. The van der Waals surface area contributed by atoms with E-state index in [-0.39, 0.29) is 0 Å². The van der Waals surface area contributed by atoms with Crippen molar-refractivity contribution < 1.29 is 14.8 Å². The molecule has 6 heteroatoms. The fourth-order valence-electron chi connectivity index (χ4n) is 2.51. The van der Waals surface area contributed by atoms with E-state index >= 15 is 0 Å². The van der Waals surface area contributed by atoms with Gasteiger partial charge in [-0.3, -0.25) is 0 Å². The summed E-state index contributed by atoms with van der Waals surface area (Å²) in [6.45, 7) is 6.11. The second kappa shape index (κ2) is 8.39. The van der Waals surface area contributed by atoms with Crippen LogP contribution in [0.1, 0.15) is 12.8 Å². The van der Waals surface area contributed by atoms with Gasteiger partial charge in [-0.1, -0.05) is 12.1 Å². The van der Waals surface area contributed by atoms with Crippen molar-refractivity contribution in [1.82, 2.24) is 9.80 Å². The second-order valence-electron chi connectivity index (χ2n) is 5.65. The van der Waals surface area contributed by atoms with Crippen molar-refractivity contribution in [3.05, 3.63) is 24.3 Å². The SMILES string of the molecule is CN(CCOc1cccc(B(O)O)c1)CCN1CCCC1. The molecule has 1 fully saturated rings. The molecule has 1 aliphatic heterocycles. The molecular formula is C15H25BN2O3. The van der Waals surface area contributed by atoms with Crippen LogP contribution in [0.3, 0.4) is 0 Å². The van der Waals surface area contributed by atoms with Crippen LogP contribution in [-0.4, -0.2) is 73.3 Å². The lowest BCUT2D eigenvalue weighted by Gasteiger charge is -2.21. The van der Waals surface area contributed by atoms with E-state index in [1.807, 2.05) is 6.07 Å². The Balaban J connectivity index is 1.65. The fourth-order valence-corrected chi connectivity index (χ4v) is 2.51. The molecular weight excluding hydrogens is 267 g/mol. The molecule has 1 saturated heterocycles. The summed E-state index contributed by atoms with van der Waals surface area (Å²) in [5, 5.41) is 18.2. The number of hydrogen-bond acceptors (Lipinski definition) is 5. The van der Waals surface area contributed by atoms with Gasteiger partial charge in [0.2, 0.25) is 0 Å². The van der Waals surface area contributed by atoms with Gasteiger partial charge in [-0.15, -0.1) is 0 Å². The van der Waals surface area contributed by atoms with Gasteiger partial charge < -0.3 is 24.6 Å². The number of nitrogens with zero attached hydrogens (tertiary/aromatic N) is 2. The Bertz CT molecular complexity index is 425. The fraction of sp³-hybridized carbons (Fsp3) is 0.600. The van der Waals surface area contributed by atoms with Crippen molar-refractivity contribution in [1.29, 1.82) is 0 Å². The number of benzene rings is 1. The van der Waals surface area contributed by atoms with E-state index in [1.165, 1.54) is 25.9 Å². The minimum Gasteiger partial charge on any atom is -0.492 e. The van der Waals surface area contributed by atoms with Crippen molar-refractivity contribution in [3.8, 4) is 5.75 Å². The smallest absolute Gasteiger partial charge is 0.488 e. The Morgan fingerprint density at radius 1 is 1.24 bits per heavy atom. The quantitative estimate of drug-likeness (QED) is 0.648. The van der Waals surface area contributed by atoms with E-state index in [0.717, 1.165) is 19.6 Å². The molecule has 21 heavy (non-hydrogen) atoms. The first-order valence-corrected chi connectivity index (χ1v) is 7.65. The van der Waals surface area contributed by atoms with Crippen LogP contribution in [0, 0.1) is 0 Å². The highest BCUT2D eigenvalue weighted by Gasteiger charge is 2.12. The van der Waals surface area contributed by atoms with E-state index in [2.05, 4.69) is 16.8 Å². The van der Waals surface area contributed by atoms with Gasteiger partial charge in [-0.05, 0) is 50.6 Å². The van der Waals surface area contributed by atoms with Crippen LogP contribution in [0.25, 0.3) is 0 Å². The predicted molar refractivity (Wildman–Crippen MR) is 84.9 cm³/mol. The zero-order valence-electron chi connectivity index (χ0n) is 12.7. The molecule has 0 atom stereocenters. The summed E-state index contributed by atoms with van der Waals surface area (Å²) in [6, 6.07) is 6.92. The number of hydrogen-bond donors (Lipinski definition) is 2. The largest absolute Gasteiger partial charge is 0.492 e. The van der Waals surface area contributed by atoms with E-state index in [1.54, 1.807) is 18.2 Å². The topological polar surface area (TPSA) is 56.2 Å². The highest BCUT2D eigenvalue weighted by molar-refractivity contribution is 6.58. The molecule has 2 rings (SSSR count). The average molecular weight is 292 g/mol. The van der Waals surface area contributed by atoms with Crippen molar-refractivity contribution in [2.75, 3.05) is 46.4 Å². The maximum Gasteiger partial charge on any atom is 0.488 e. The van der Waals surface area contributed by atoms with Gasteiger partial charge in [-0.2, -0.15) is 0 Å². The molecule has 116 valence electrons. The summed E-state index contributed by atoms with van der Waals surface area (Å²) in [6.07, 6.45) is 2.67. The third kappa shape index (κ3) is 5.67. The standard InChI is InChI=1S/C15H25BN2O3/c1-17(9-10-18-7-2-3-8-18)11-12-21-15-6-4-5-14(13-15)16(19)20/h4-6,13,19-20H,2-3,7-12H2,1H3. The molecule has 0 saturated carbocycles. The molecule has 5 nitrogen and oxygen atoms in total. The molecule has 1 aromatic rings. The summed E-state index contributed by atoms with van der Waals surface area (Å²) >= 11 is 0. The molecule has 0 radical (unpaired) electrons. The number of likely N-dealkylation sites (N-methyl/N-ethyl adjacent to an activating group) is 1. The summed E-state index contributed by atoms with van der Waals surface area (Å²) in [5.41, 5.74) is 0.454. The van der Waals surface area contributed by atoms with E-state index in [0.29, 0.717) is 17.8 Å². The Morgan fingerprint density at radius 3 is 2.71 bits per heavy atom. The molecule has 0 bridgehead atoms. The molecule has 0 unspecified atom stereocenters. The van der Waals surface area contributed by atoms with Gasteiger partial charge in [0.05, 0.1) is 0 Å². The number of rotatable bonds is 8. The number of ether oxygens (including phenoxy) is 1. The first-order chi connectivity index (χ1) is 10.1. The van der Waals surface area contributed by atoms with Gasteiger partial charge in [-0.25, -0.2) is 0 Å². The second-order valence-corrected chi connectivity index (χ2v) is 5.65. The van der Waals surface area contributed by atoms with E-state index < -0.39 is 7.12 Å². The maximum absolute atomic E-state index is 9.12. The van der Waals surface area contributed by atoms with Crippen molar-refractivity contribution in [2.24, 2.45) is 0 Å². The normalized spacial score (nSPS) is 15.6. The highest BCUT2D eigenvalue weighted by atomic mass is 16.5. The summed E-state index contributed by atoms with van der Waals surface area (Å²) in [7, 11) is 0.657. The molecule has 0 aromatic heterocycles. The lowest BCUT2D eigenvalue weighted by molar-refractivity contribution is 0.213. The Labute approximate surface area is 127 Å². The Morgan fingerprint density at radius 2 is 2.00 bits per heavy atom. The van der Waals surface area contributed by atoms with Crippen LogP contribution in [-0.2, 0) is 0 Å². The monoisotopic (exact) mass is 292 g/mol. The first kappa shape index (κ1) is 16.3. The highest BCUT2D eigenvalue weighted by Crippen LogP contribution is 2.08. The van der Waals surface area contributed by atoms with E-state index in [4.69, 9.17) is 14.8 Å². The van der Waals surface area contributed by atoms with Crippen LogP contribution in [0.4, 0.5) is 0 Å². The van der Waals surface area contributed by atoms with Crippen LogP contribution >= 0.6 is 0 Å². The van der Waals surface area contributed by atoms with Gasteiger partial charge in [0, 0.05) is 19.6 Å². The van der Waals surface area contributed by atoms with Gasteiger partial charge in [0.25, 0.3) is 0 Å². The molecule has 0 aliphatic carbocycles. The van der Waals surface area contributed by atoms with Crippen LogP contribution in [0.2, 0.25) is 0 Å². The minimum atomic E-state index is -1.45. The lowest BCUT2D eigenvalue weighted by Crippen LogP contribution is -2.33. The molecule has 1 aliphatic rings. The van der Waals surface area contributed by atoms with Crippen LogP contribution in [0.5, 0.6) is 5.75 Å².